The minimum absolute atomic E-state index is 0.0359. The molecule has 0 fully saturated rings. The Morgan fingerprint density at radius 3 is 2.71 bits per heavy atom. The minimum atomic E-state index is -1.19. The van der Waals surface area contributed by atoms with Crippen LogP contribution in [0.4, 0.5) is 0 Å². The molecule has 0 amide bonds. The highest BCUT2D eigenvalue weighted by molar-refractivity contribution is 5.80. The third-order valence-electron chi connectivity index (χ3n) is 1.90. The van der Waals surface area contributed by atoms with Crippen LogP contribution in [-0.2, 0) is 9.53 Å². The van der Waals surface area contributed by atoms with Crippen LogP contribution in [0.5, 0.6) is 0 Å². The fourth-order valence-corrected chi connectivity index (χ4v) is 1.10. The van der Waals surface area contributed by atoms with Crippen LogP contribution in [0, 0.1) is 11.3 Å². The van der Waals surface area contributed by atoms with Gasteiger partial charge in [0.05, 0.1) is 19.1 Å². The molecule has 0 aromatic rings. The van der Waals surface area contributed by atoms with E-state index < -0.39 is 11.5 Å². The van der Waals surface area contributed by atoms with E-state index in [1.807, 2.05) is 6.07 Å². The number of nitriles is 1. The molecule has 0 aromatic heterocycles. The summed E-state index contributed by atoms with van der Waals surface area (Å²) >= 11 is 0. The Morgan fingerprint density at radius 1 is 1.64 bits per heavy atom. The van der Waals surface area contributed by atoms with E-state index in [-0.39, 0.29) is 13.0 Å². The van der Waals surface area contributed by atoms with Crippen molar-refractivity contribution >= 4 is 5.97 Å². The highest BCUT2D eigenvalue weighted by Gasteiger charge is 2.34. The van der Waals surface area contributed by atoms with Gasteiger partial charge in [0.25, 0.3) is 0 Å². The largest absolute Gasteiger partial charge is 0.465 e. The molecule has 0 unspecified atom stereocenters. The van der Waals surface area contributed by atoms with Gasteiger partial charge in [-0.3, -0.25) is 4.79 Å². The fraction of sp³-hybridized carbons (Fsp3) is 0.778. The lowest BCUT2D eigenvalue weighted by atomic mass is 9.91. The summed E-state index contributed by atoms with van der Waals surface area (Å²) in [5, 5.41) is 8.55. The normalized spacial score (nSPS) is 14.1. The summed E-state index contributed by atoms with van der Waals surface area (Å²) in [6, 6.07) is 1.89. The smallest absolute Gasteiger partial charge is 0.327 e. The molecule has 0 spiro atoms. The maximum absolute atomic E-state index is 11.4. The first kappa shape index (κ1) is 12.9. The van der Waals surface area contributed by atoms with Crippen molar-refractivity contribution in [2.45, 2.75) is 31.7 Å². The lowest BCUT2D eigenvalue weighted by molar-refractivity contribution is -0.149. The van der Waals surface area contributed by atoms with Gasteiger partial charge in [-0.25, -0.2) is 0 Å². The highest BCUT2D eigenvalue weighted by atomic mass is 16.5. The zero-order valence-corrected chi connectivity index (χ0v) is 8.45. The molecule has 0 saturated heterocycles. The SMILES string of the molecule is CCOC(=O)[C@@](N)(CC#N)CCCN. The predicted molar refractivity (Wildman–Crippen MR) is 52.1 cm³/mol. The number of rotatable bonds is 6. The Kier molecular flexibility index (Phi) is 5.84. The first-order valence-electron chi connectivity index (χ1n) is 4.64. The molecule has 0 rings (SSSR count). The Balaban J connectivity index is 4.37. The van der Waals surface area contributed by atoms with E-state index in [4.69, 9.17) is 21.5 Å². The van der Waals surface area contributed by atoms with Crippen molar-refractivity contribution in [2.75, 3.05) is 13.2 Å². The zero-order valence-electron chi connectivity index (χ0n) is 8.45. The second-order valence-corrected chi connectivity index (χ2v) is 3.10. The molecule has 0 aliphatic rings. The summed E-state index contributed by atoms with van der Waals surface area (Å²) in [7, 11) is 0. The second kappa shape index (κ2) is 6.35. The van der Waals surface area contributed by atoms with Crippen molar-refractivity contribution in [1.29, 1.82) is 5.26 Å². The van der Waals surface area contributed by atoms with Gasteiger partial charge in [-0.05, 0) is 26.3 Å². The van der Waals surface area contributed by atoms with Gasteiger partial charge in [0.2, 0.25) is 0 Å². The molecule has 5 heteroatoms. The summed E-state index contributed by atoms with van der Waals surface area (Å²) in [6.45, 7) is 2.42. The van der Waals surface area contributed by atoms with Gasteiger partial charge in [-0.2, -0.15) is 5.26 Å². The molecule has 0 bridgehead atoms. The van der Waals surface area contributed by atoms with Gasteiger partial charge >= 0.3 is 5.97 Å². The van der Waals surface area contributed by atoms with Crippen LogP contribution in [0.3, 0.4) is 0 Å². The van der Waals surface area contributed by atoms with Crippen LogP contribution in [-0.4, -0.2) is 24.7 Å². The zero-order chi connectivity index (χ0) is 11.0. The topological polar surface area (TPSA) is 102 Å². The van der Waals surface area contributed by atoms with E-state index in [1.165, 1.54) is 0 Å². The predicted octanol–water partition coefficient (Wildman–Crippen LogP) is -0.100. The van der Waals surface area contributed by atoms with E-state index in [1.54, 1.807) is 6.92 Å². The average molecular weight is 199 g/mol. The van der Waals surface area contributed by atoms with Crippen molar-refractivity contribution in [2.24, 2.45) is 11.5 Å². The molecule has 0 saturated carbocycles. The van der Waals surface area contributed by atoms with E-state index in [0.29, 0.717) is 19.4 Å². The minimum Gasteiger partial charge on any atom is -0.465 e. The van der Waals surface area contributed by atoms with E-state index >= 15 is 0 Å². The van der Waals surface area contributed by atoms with Crippen LogP contribution < -0.4 is 11.5 Å². The van der Waals surface area contributed by atoms with Crippen molar-refractivity contribution in [3.8, 4) is 6.07 Å². The van der Waals surface area contributed by atoms with Crippen LogP contribution in [0.25, 0.3) is 0 Å². The van der Waals surface area contributed by atoms with Crippen molar-refractivity contribution in [3.05, 3.63) is 0 Å². The van der Waals surface area contributed by atoms with E-state index in [9.17, 15) is 4.79 Å². The molecule has 0 aromatic carbocycles. The number of nitrogens with two attached hydrogens (primary N) is 2. The molecule has 0 aliphatic heterocycles. The molecule has 4 N–H and O–H groups in total. The standard InChI is InChI=1S/C9H17N3O2/c1-2-14-8(13)9(12,5-7-11)4-3-6-10/h2-6,10,12H2,1H3/t9-/m0/s1. The maximum atomic E-state index is 11.4. The average Bonchev–Trinajstić information content (AvgIpc) is 2.15. The number of hydrogen-bond acceptors (Lipinski definition) is 5. The first-order valence-corrected chi connectivity index (χ1v) is 4.64. The molecule has 0 heterocycles. The van der Waals surface area contributed by atoms with Gasteiger partial charge in [-0.1, -0.05) is 0 Å². The van der Waals surface area contributed by atoms with Crippen LogP contribution in [0.2, 0.25) is 0 Å². The van der Waals surface area contributed by atoms with Crippen molar-refractivity contribution in [1.82, 2.24) is 0 Å². The Hall–Kier alpha value is -1.12. The lowest BCUT2D eigenvalue weighted by Crippen LogP contribution is -2.49. The van der Waals surface area contributed by atoms with Gasteiger partial charge in [0, 0.05) is 0 Å². The number of nitrogens with zero attached hydrogens (tertiary/aromatic N) is 1. The Labute approximate surface area is 84.0 Å². The molecule has 80 valence electrons. The van der Waals surface area contributed by atoms with E-state index in [0.717, 1.165) is 0 Å². The van der Waals surface area contributed by atoms with E-state index in [2.05, 4.69) is 0 Å². The number of hydrogen-bond donors (Lipinski definition) is 2. The molecule has 0 aliphatic carbocycles. The van der Waals surface area contributed by atoms with Crippen LogP contribution >= 0.6 is 0 Å². The summed E-state index contributed by atoms with van der Waals surface area (Å²) in [5.41, 5.74) is 9.90. The quantitative estimate of drug-likeness (QED) is 0.581. The fourth-order valence-electron chi connectivity index (χ4n) is 1.10. The lowest BCUT2D eigenvalue weighted by Gasteiger charge is -2.23. The maximum Gasteiger partial charge on any atom is 0.327 e. The monoisotopic (exact) mass is 199 g/mol. The van der Waals surface area contributed by atoms with Gasteiger partial charge < -0.3 is 16.2 Å². The molecule has 1 atom stereocenters. The van der Waals surface area contributed by atoms with Crippen molar-refractivity contribution in [3.63, 3.8) is 0 Å². The highest BCUT2D eigenvalue weighted by Crippen LogP contribution is 2.15. The van der Waals surface area contributed by atoms with Crippen molar-refractivity contribution < 1.29 is 9.53 Å². The first-order chi connectivity index (χ1) is 6.60. The second-order valence-electron chi connectivity index (χ2n) is 3.10. The number of esters is 1. The van der Waals surface area contributed by atoms with Gasteiger partial charge in [-0.15, -0.1) is 0 Å². The number of carbonyl (C=O) groups excluding carboxylic acids is 1. The Bertz CT molecular complexity index is 225. The number of carbonyl (C=O) groups is 1. The molecule has 14 heavy (non-hydrogen) atoms. The summed E-state index contributed by atoms with van der Waals surface area (Å²) in [5.74, 6) is -0.519. The molecule has 5 nitrogen and oxygen atoms in total. The van der Waals surface area contributed by atoms with Gasteiger partial charge in [0.15, 0.2) is 0 Å². The molecular formula is C9H17N3O2. The summed E-state index contributed by atoms with van der Waals surface area (Å²) < 4.78 is 4.80. The third-order valence-corrected chi connectivity index (χ3v) is 1.90. The van der Waals surface area contributed by atoms with Crippen LogP contribution in [0.1, 0.15) is 26.2 Å². The molecule has 0 radical (unpaired) electrons. The third kappa shape index (κ3) is 3.73. The Morgan fingerprint density at radius 2 is 2.29 bits per heavy atom. The van der Waals surface area contributed by atoms with Gasteiger partial charge in [0.1, 0.15) is 5.54 Å². The van der Waals surface area contributed by atoms with Crippen LogP contribution in [0.15, 0.2) is 0 Å². The summed E-state index contributed by atoms with van der Waals surface area (Å²) in [4.78, 5) is 11.4. The molecular weight excluding hydrogens is 182 g/mol. The summed E-state index contributed by atoms with van der Waals surface area (Å²) in [6.07, 6.45) is 0.957. The number of ether oxygens (including phenoxy) is 1.